The van der Waals surface area contributed by atoms with Crippen molar-refractivity contribution in [1.82, 2.24) is 9.73 Å². The van der Waals surface area contributed by atoms with E-state index in [0.29, 0.717) is 15.8 Å². The molecule has 0 radical (unpaired) electrons. The summed E-state index contributed by atoms with van der Waals surface area (Å²) in [6.07, 6.45) is 0. The second-order valence-corrected chi connectivity index (χ2v) is 8.02. The summed E-state index contributed by atoms with van der Waals surface area (Å²) in [6.45, 7) is 0. The van der Waals surface area contributed by atoms with E-state index < -0.39 is 10.0 Å². The Bertz CT molecular complexity index is 824. The minimum atomic E-state index is -3.49. The summed E-state index contributed by atoms with van der Waals surface area (Å²) in [4.78, 5) is 0.186. The van der Waals surface area contributed by atoms with Gasteiger partial charge in [0.25, 0.3) is 0 Å². The minimum absolute atomic E-state index is 0.186. The summed E-state index contributed by atoms with van der Waals surface area (Å²) >= 11 is 11.0. The van der Waals surface area contributed by atoms with Crippen LogP contribution in [-0.4, -0.2) is 31.9 Å². The third kappa shape index (κ3) is 4.81. The summed E-state index contributed by atoms with van der Waals surface area (Å²) in [5, 5.41) is 3.86. The molecule has 3 N–H and O–H groups in total. The largest absolute Gasteiger partial charge is 0.331 e. The molecule has 24 heavy (non-hydrogen) atoms. The third-order valence-corrected chi connectivity index (χ3v) is 5.30. The van der Waals surface area contributed by atoms with E-state index in [1.54, 1.807) is 36.4 Å². The smallest absolute Gasteiger partial charge is 0.242 e. The molecular weight excluding hydrogens is 368 g/mol. The highest BCUT2D eigenvalue weighted by Crippen LogP contribution is 2.18. The van der Waals surface area contributed by atoms with Crippen LogP contribution in [0.25, 0.3) is 0 Å². The molecule has 0 saturated carbocycles. The van der Waals surface area contributed by atoms with Crippen molar-refractivity contribution in [3.05, 3.63) is 53.6 Å². The van der Waals surface area contributed by atoms with Gasteiger partial charge >= 0.3 is 0 Å². The lowest BCUT2D eigenvalue weighted by Gasteiger charge is -2.15. The molecule has 0 aliphatic rings. The number of sulfonamides is 1. The van der Waals surface area contributed by atoms with Crippen LogP contribution in [0.4, 0.5) is 11.4 Å². The minimum Gasteiger partial charge on any atom is -0.331 e. The maximum Gasteiger partial charge on any atom is 0.242 e. The lowest BCUT2D eigenvalue weighted by atomic mass is 10.3. The second kappa shape index (κ2) is 7.80. The summed E-state index contributed by atoms with van der Waals surface area (Å²) < 4.78 is 25.4. The lowest BCUT2D eigenvalue weighted by molar-refractivity contribution is 0.521. The first kappa shape index (κ1) is 18.5. The summed E-state index contributed by atoms with van der Waals surface area (Å²) in [5.41, 5.74) is 7.08. The fourth-order valence-electron chi connectivity index (χ4n) is 1.77. The molecule has 2 rings (SSSR count). The molecule has 0 fully saturated rings. The Morgan fingerprint density at radius 3 is 2.38 bits per heavy atom. The van der Waals surface area contributed by atoms with Crippen molar-refractivity contribution in [1.29, 1.82) is 0 Å². The van der Waals surface area contributed by atoms with Gasteiger partial charge in [-0.15, -0.1) is 0 Å². The van der Waals surface area contributed by atoms with Crippen molar-refractivity contribution in [2.75, 3.05) is 24.8 Å². The van der Waals surface area contributed by atoms with Crippen LogP contribution < -0.4 is 16.2 Å². The van der Waals surface area contributed by atoms with E-state index in [0.717, 1.165) is 9.99 Å². The fourth-order valence-corrected chi connectivity index (χ4v) is 3.01. The quantitative estimate of drug-likeness (QED) is 0.543. The number of thiocarbonyl (C=S) groups is 1. The lowest BCUT2D eigenvalue weighted by Crippen LogP contribution is -2.33. The van der Waals surface area contributed by atoms with Crippen LogP contribution in [0.2, 0.25) is 5.02 Å². The molecule has 0 bridgehead atoms. The van der Waals surface area contributed by atoms with E-state index >= 15 is 0 Å². The average Bonchev–Trinajstić information content (AvgIpc) is 2.54. The number of benzene rings is 2. The van der Waals surface area contributed by atoms with Crippen LogP contribution in [-0.2, 0) is 10.0 Å². The molecular formula is C15H17ClN4O2S2. The van der Waals surface area contributed by atoms with Crippen molar-refractivity contribution in [3.63, 3.8) is 0 Å². The summed E-state index contributed by atoms with van der Waals surface area (Å²) in [5.74, 6) is 0. The maximum absolute atomic E-state index is 12.1. The van der Waals surface area contributed by atoms with Gasteiger partial charge in [0.2, 0.25) is 10.0 Å². The number of anilines is 2. The van der Waals surface area contributed by atoms with Crippen molar-refractivity contribution >= 4 is 50.3 Å². The van der Waals surface area contributed by atoms with E-state index in [1.165, 1.54) is 26.2 Å². The molecule has 9 heteroatoms. The molecule has 2 aromatic carbocycles. The molecule has 0 saturated heterocycles. The molecule has 0 aliphatic heterocycles. The molecule has 0 amide bonds. The predicted molar refractivity (Wildman–Crippen MR) is 102 cm³/mol. The van der Waals surface area contributed by atoms with E-state index in [1.807, 2.05) is 0 Å². The third-order valence-electron chi connectivity index (χ3n) is 3.04. The normalized spacial score (nSPS) is 11.2. The standard InChI is InChI=1S/C15H17ClN4O2S2/c1-20(2)24(21,22)14-5-3-4-13(10-14)17-15(23)19-18-12-8-6-11(16)7-9-12/h3-10,18H,1-2H3,(H2,17,19,23). The SMILES string of the molecule is CN(C)S(=O)(=O)c1cccc(NC(=S)NNc2ccc(Cl)cc2)c1. The number of nitrogens with one attached hydrogen (secondary N) is 3. The van der Waals surface area contributed by atoms with Crippen LogP contribution in [0.5, 0.6) is 0 Å². The highest BCUT2D eigenvalue weighted by molar-refractivity contribution is 7.89. The molecule has 0 heterocycles. The number of halogens is 1. The number of hydrogen-bond donors (Lipinski definition) is 3. The zero-order valence-corrected chi connectivity index (χ0v) is 15.5. The van der Waals surface area contributed by atoms with Gasteiger partial charge in [-0.2, -0.15) is 0 Å². The van der Waals surface area contributed by atoms with Crippen LogP contribution in [0.15, 0.2) is 53.4 Å². The monoisotopic (exact) mass is 384 g/mol. The van der Waals surface area contributed by atoms with Gasteiger partial charge in [0.15, 0.2) is 5.11 Å². The van der Waals surface area contributed by atoms with Crippen LogP contribution in [0.1, 0.15) is 0 Å². The van der Waals surface area contributed by atoms with Crippen LogP contribution >= 0.6 is 23.8 Å². The Labute approximate surface area is 151 Å². The maximum atomic E-state index is 12.1. The van der Waals surface area contributed by atoms with Gasteiger partial charge < -0.3 is 5.32 Å². The van der Waals surface area contributed by atoms with Crippen molar-refractivity contribution in [2.24, 2.45) is 0 Å². The van der Waals surface area contributed by atoms with Crippen LogP contribution in [0, 0.1) is 0 Å². The highest BCUT2D eigenvalue weighted by atomic mass is 35.5. The topological polar surface area (TPSA) is 73.5 Å². The molecule has 2 aromatic rings. The molecule has 0 unspecified atom stereocenters. The Morgan fingerprint density at radius 2 is 1.75 bits per heavy atom. The average molecular weight is 385 g/mol. The van der Waals surface area contributed by atoms with Gasteiger partial charge in [-0.3, -0.25) is 10.9 Å². The zero-order valence-electron chi connectivity index (χ0n) is 13.1. The Morgan fingerprint density at radius 1 is 1.08 bits per heavy atom. The first-order chi connectivity index (χ1) is 11.3. The number of hydrogen-bond acceptors (Lipinski definition) is 4. The number of rotatable bonds is 5. The van der Waals surface area contributed by atoms with Gasteiger partial charge in [-0.25, -0.2) is 12.7 Å². The molecule has 0 aromatic heterocycles. The first-order valence-corrected chi connectivity index (χ1v) is 9.13. The second-order valence-electron chi connectivity index (χ2n) is 5.03. The zero-order chi connectivity index (χ0) is 17.7. The number of hydrazine groups is 1. The van der Waals surface area contributed by atoms with Gasteiger partial charge in [0, 0.05) is 24.8 Å². The van der Waals surface area contributed by atoms with Crippen molar-refractivity contribution in [2.45, 2.75) is 4.90 Å². The van der Waals surface area contributed by atoms with Gasteiger partial charge in [-0.05, 0) is 54.7 Å². The van der Waals surface area contributed by atoms with E-state index in [9.17, 15) is 8.42 Å². The summed E-state index contributed by atoms with van der Waals surface area (Å²) in [7, 11) is -0.525. The highest BCUT2D eigenvalue weighted by Gasteiger charge is 2.17. The predicted octanol–water partition coefficient (Wildman–Crippen LogP) is 2.90. The molecule has 6 nitrogen and oxygen atoms in total. The first-order valence-electron chi connectivity index (χ1n) is 6.90. The van der Waals surface area contributed by atoms with Crippen LogP contribution in [0.3, 0.4) is 0 Å². The number of nitrogens with zero attached hydrogens (tertiary/aromatic N) is 1. The molecule has 0 atom stereocenters. The van der Waals surface area contributed by atoms with Crippen molar-refractivity contribution in [3.8, 4) is 0 Å². The molecule has 0 spiro atoms. The Balaban J connectivity index is 2.00. The van der Waals surface area contributed by atoms with Gasteiger partial charge in [0.1, 0.15) is 0 Å². The van der Waals surface area contributed by atoms with E-state index in [-0.39, 0.29) is 4.90 Å². The van der Waals surface area contributed by atoms with E-state index in [4.69, 9.17) is 23.8 Å². The summed E-state index contributed by atoms with van der Waals surface area (Å²) in [6, 6.07) is 13.5. The fraction of sp³-hybridized carbons (Fsp3) is 0.133. The van der Waals surface area contributed by atoms with Crippen molar-refractivity contribution < 1.29 is 8.42 Å². The van der Waals surface area contributed by atoms with E-state index in [2.05, 4.69) is 16.2 Å². The molecule has 128 valence electrons. The van der Waals surface area contributed by atoms with Gasteiger partial charge in [-0.1, -0.05) is 17.7 Å². The Kier molecular flexibility index (Phi) is 6.00. The van der Waals surface area contributed by atoms with Gasteiger partial charge in [0.05, 0.1) is 10.6 Å². The molecule has 0 aliphatic carbocycles. The Hall–Kier alpha value is -1.87.